The van der Waals surface area contributed by atoms with Crippen molar-refractivity contribution in [2.45, 2.75) is 39.7 Å². The summed E-state index contributed by atoms with van der Waals surface area (Å²) in [7, 11) is 0. The van der Waals surface area contributed by atoms with Gasteiger partial charge in [0.2, 0.25) is 0 Å². The van der Waals surface area contributed by atoms with E-state index in [1.165, 1.54) is 30.5 Å². The fourth-order valence-corrected chi connectivity index (χ4v) is 3.08. The maximum absolute atomic E-state index is 5.86. The number of nitrogens with zero attached hydrogens (tertiary/aromatic N) is 1. The first-order chi connectivity index (χ1) is 8.58. The molecule has 1 heterocycles. The minimum absolute atomic E-state index is 0.536. The summed E-state index contributed by atoms with van der Waals surface area (Å²) in [5, 5.41) is 0. The molecule has 2 nitrogen and oxygen atoms in total. The van der Waals surface area contributed by atoms with Crippen LogP contribution >= 0.6 is 15.9 Å². The van der Waals surface area contributed by atoms with Crippen molar-refractivity contribution in [1.82, 2.24) is 0 Å². The van der Waals surface area contributed by atoms with Gasteiger partial charge in [-0.3, -0.25) is 0 Å². The van der Waals surface area contributed by atoms with Crippen LogP contribution in [0.4, 0.5) is 5.69 Å². The SMILES string of the molecule is CCC1(C)CCN(c2ccc(Br)cc2CN)CC1. The van der Waals surface area contributed by atoms with Crippen LogP contribution in [-0.2, 0) is 6.54 Å². The lowest BCUT2D eigenvalue weighted by atomic mass is 9.78. The van der Waals surface area contributed by atoms with E-state index in [2.05, 4.69) is 52.9 Å². The third-order valence-corrected chi connectivity index (χ3v) is 4.92. The first-order valence-electron chi connectivity index (χ1n) is 6.81. The van der Waals surface area contributed by atoms with E-state index in [9.17, 15) is 0 Å². The zero-order valence-electron chi connectivity index (χ0n) is 11.4. The van der Waals surface area contributed by atoms with Crippen molar-refractivity contribution in [2.24, 2.45) is 11.1 Å². The van der Waals surface area contributed by atoms with Crippen molar-refractivity contribution >= 4 is 21.6 Å². The Labute approximate surface area is 119 Å². The Morgan fingerprint density at radius 1 is 1.33 bits per heavy atom. The summed E-state index contributed by atoms with van der Waals surface area (Å²) in [6.07, 6.45) is 3.85. The van der Waals surface area contributed by atoms with Crippen molar-refractivity contribution in [1.29, 1.82) is 0 Å². The second-order valence-corrected chi connectivity index (χ2v) is 6.54. The Morgan fingerprint density at radius 2 is 2.00 bits per heavy atom. The van der Waals surface area contributed by atoms with Gasteiger partial charge in [0.05, 0.1) is 0 Å². The van der Waals surface area contributed by atoms with Crippen LogP contribution in [0.5, 0.6) is 0 Å². The molecule has 1 aliphatic rings. The predicted octanol–water partition coefficient (Wildman–Crippen LogP) is 3.92. The molecule has 0 amide bonds. The maximum Gasteiger partial charge on any atom is 0.0412 e. The van der Waals surface area contributed by atoms with Gasteiger partial charge in [-0.05, 0) is 42.0 Å². The Hall–Kier alpha value is -0.540. The van der Waals surface area contributed by atoms with Crippen LogP contribution in [0.1, 0.15) is 38.7 Å². The molecule has 100 valence electrons. The highest BCUT2D eigenvalue weighted by atomic mass is 79.9. The minimum atomic E-state index is 0.536. The number of hydrogen-bond acceptors (Lipinski definition) is 2. The summed E-state index contributed by atoms with van der Waals surface area (Å²) in [5.74, 6) is 0. The van der Waals surface area contributed by atoms with Gasteiger partial charge in [0, 0.05) is 29.8 Å². The van der Waals surface area contributed by atoms with Crippen LogP contribution in [0.25, 0.3) is 0 Å². The molecular formula is C15H23BrN2. The molecule has 18 heavy (non-hydrogen) atoms. The molecule has 0 aliphatic carbocycles. The van der Waals surface area contributed by atoms with Crippen LogP contribution in [-0.4, -0.2) is 13.1 Å². The molecule has 2 rings (SSSR count). The number of piperidine rings is 1. The van der Waals surface area contributed by atoms with E-state index in [0.29, 0.717) is 12.0 Å². The first-order valence-corrected chi connectivity index (χ1v) is 7.61. The van der Waals surface area contributed by atoms with E-state index >= 15 is 0 Å². The van der Waals surface area contributed by atoms with Crippen LogP contribution in [0.15, 0.2) is 22.7 Å². The van der Waals surface area contributed by atoms with Crippen molar-refractivity contribution in [3.8, 4) is 0 Å². The van der Waals surface area contributed by atoms with Gasteiger partial charge in [0.25, 0.3) is 0 Å². The predicted molar refractivity (Wildman–Crippen MR) is 81.9 cm³/mol. The molecule has 0 saturated carbocycles. The van der Waals surface area contributed by atoms with Crippen molar-refractivity contribution in [3.05, 3.63) is 28.2 Å². The Bertz CT molecular complexity index is 409. The van der Waals surface area contributed by atoms with Gasteiger partial charge in [-0.25, -0.2) is 0 Å². The van der Waals surface area contributed by atoms with E-state index < -0.39 is 0 Å². The smallest absolute Gasteiger partial charge is 0.0412 e. The molecule has 0 spiro atoms. The molecule has 0 aromatic heterocycles. The fraction of sp³-hybridized carbons (Fsp3) is 0.600. The van der Waals surface area contributed by atoms with Gasteiger partial charge in [-0.1, -0.05) is 36.2 Å². The molecule has 1 aromatic rings. The Kier molecular flexibility index (Phi) is 4.33. The van der Waals surface area contributed by atoms with E-state index in [4.69, 9.17) is 5.73 Å². The monoisotopic (exact) mass is 310 g/mol. The quantitative estimate of drug-likeness (QED) is 0.916. The second kappa shape index (κ2) is 5.62. The lowest BCUT2D eigenvalue weighted by molar-refractivity contribution is 0.238. The molecule has 3 heteroatoms. The molecule has 0 bridgehead atoms. The zero-order valence-corrected chi connectivity index (χ0v) is 13.0. The highest BCUT2D eigenvalue weighted by Crippen LogP contribution is 2.36. The van der Waals surface area contributed by atoms with E-state index in [1.54, 1.807) is 0 Å². The average Bonchev–Trinajstić information content (AvgIpc) is 2.40. The number of rotatable bonds is 3. The highest BCUT2D eigenvalue weighted by Gasteiger charge is 2.28. The average molecular weight is 311 g/mol. The van der Waals surface area contributed by atoms with Crippen LogP contribution < -0.4 is 10.6 Å². The normalized spacial score (nSPS) is 19.0. The third-order valence-electron chi connectivity index (χ3n) is 4.43. The second-order valence-electron chi connectivity index (χ2n) is 5.63. The van der Waals surface area contributed by atoms with Crippen LogP contribution in [0.2, 0.25) is 0 Å². The van der Waals surface area contributed by atoms with Gasteiger partial charge in [0.1, 0.15) is 0 Å². The molecule has 1 aromatic carbocycles. The van der Waals surface area contributed by atoms with Gasteiger partial charge in [-0.2, -0.15) is 0 Å². The summed E-state index contributed by atoms with van der Waals surface area (Å²) >= 11 is 3.52. The lowest BCUT2D eigenvalue weighted by Crippen LogP contribution is -2.39. The molecule has 0 atom stereocenters. The Morgan fingerprint density at radius 3 is 2.56 bits per heavy atom. The summed E-state index contributed by atoms with van der Waals surface area (Å²) in [5.41, 5.74) is 8.95. The first kappa shape index (κ1) is 13.9. The molecular weight excluding hydrogens is 288 g/mol. The van der Waals surface area contributed by atoms with Gasteiger partial charge in [-0.15, -0.1) is 0 Å². The summed E-state index contributed by atoms with van der Waals surface area (Å²) in [4.78, 5) is 2.49. The van der Waals surface area contributed by atoms with Crippen molar-refractivity contribution < 1.29 is 0 Å². The Balaban J connectivity index is 2.14. The lowest BCUT2D eigenvalue weighted by Gasteiger charge is -2.40. The number of anilines is 1. The summed E-state index contributed by atoms with van der Waals surface area (Å²) in [6.45, 7) is 7.63. The molecule has 1 saturated heterocycles. The number of nitrogens with two attached hydrogens (primary N) is 1. The number of benzene rings is 1. The van der Waals surface area contributed by atoms with E-state index in [0.717, 1.165) is 17.6 Å². The van der Waals surface area contributed by atoms with Gasteiger partial charge >= 0.3 is 0 Å². The standard InChI is InChI=1S/C15H23BrN2/c1-3-15(2)6-8-18(9-7-15)14-5-4-13(16)10-12(14)11-17/h4-5,10H,3,6-9,11,17H2,1-2H3. The number of halogens is 1. The molecule has 2 N–H and O–H groups in total. The zero-order chi connectivity index (χ0) is 13.2. The van der Waals surface area contributed by atoms with E-state index in [-0.39, 0.29) is 0 Å². The number of hydrogen-bond donors (Lipinski definition) is 1. The molecule has 1 fully saturated rings. The topological polar surface area (TPSA) is 29.3 Å². The van der Waals surface area contributed by atoms with Crippen molar-refractivity contribution in [3.63, 3.8) is 0 Å². The third kappa shape index (κ3) is 2.89. The largest absolute Gasteiger partial charge is 0.371 e. The fourth-order valence-electron chi connectivity index (χ4n) is 2.67. The maximum atomic E-state index is 5.86. The minimum Gasteiger partial charge on any atom is -0.371 e. The van der Waals surface area contributed by atoms with Crippen LogP contribution in [0.3, 0.4) is 0 Å². The van der Waals surface area contributed by atoms with Crippen LogP contribution in [0, 0.1) is 5.41 Å². The van der Waals surface area contributed by atoms with Gasteiger partial charge in [0.15, 0.2) is 0 Å². The highest BCUT2D eigenvalue weighted by molar-refractivity contribution is 9.10. The summed E-state index contributed by atoms with van der Waals surface area (Å²) in [6, 6.07) is 6.45. The molecule has 0 radical (unpaired) electrons. The molecule has 1 aliphatic heterocycles. The van der Waals surface area contributed by atoms with E-state index in [1.807, 2.05) is 0 Å². The van der Waals surface area contributed by atoms with Gasteiger partial charge < -0.3 is 10.6 Å². The molecule has 0 unspecified atom stereocenters. The van der Waals surface area contributed by atoms with Crippen molar-refractivity contribution in [2.75, 3.05) is 18.0 Å². The summed E-state index contributed by atoms with van der Waals surface area (Å²) < 4.78 is 1.11.